The van der Waals surface area contributed by atoms with Crippen LogP contribution >= 0.6 is 0 Å². The number of aliphatic hydroxyl groups is 1. The van der Waals surface area contributed by atoms with Crippen molar-refractivity contribution in [3.05, 3.63) is 64.2 Å². The smallest absolute Gasteiger partial charge is 0.416 e. The number of aliphatic hydroxyl groups excluding tert-OH is 1. The zero-order chi connectivity index (χ0) is 22.1. The van der Waals surface area contributed by atoms with Crippen LogP contribution in [-0.4, -0.2) is 29.9 Å². The average Bonchev–Trinajstić information content (AvgIpc) is 2.63. The van der Waals surface area contributed by atoms with Crippen molar-refractivity contribution in [1.82, 2.24) is 0 Å². The van der Waals surface area contributed by atoms with Crippen LogP contribution < -0.4 is 4.74 Å². The molecule has 1 fully saturated rings. The lowest BCUT2D eigenvalue weighted by atomic mass is 9.83. The standard InChI is InChI=1S/C23H25F3O4/c1-13-10-14(2)20(15(3)11-13)21-19(27)12-18(30-22(21)28)8-9-29-17-6-4-16(5-7-17)23(24,25)26/h4-7,10-11,18,21-22,28H,8-9,12H2,1-3H3. The van der Waals surface area contributed by atoms with E-state index in [1.807, 2.05) is 32.9 Å². The maximum absolute atomic E-state index is 12.8. The molecule has 3 unspecified atom stereocenters. The lowest BCUT2D eigenvalue weighted by Crippen LogP contribution is -2.41. The number of aryl methyl sites for hydroxylation is 3. The molecule has 7 heteroatoms. The first-order valence-electron chi connectivity index (χ1n) is 9.80. The van der Waals surface area contributed by atoms with Crippen LogP contribution in [0.3, 0.4) is 0 Å². The van der Waals surface area contributed by atoms with Gasteiger partial charge in [0.2, 0.25) is 0 Å². The van der Waals surface area contributed by atoms with Gasteiger partial charge in [0.25, 0.3) is 0 Å². The van der Waals surface area contributed by atoms with E-state index in [-0.39, 0.29) is 18.8 Å². The van der Waals surface area contributed by atoms with Gasteiger partial charge < -0.3 is 14.6 Å². The molecule has 1 aliphatic rings. The fourth-order valence-corrected chi connectivity index (χ4v) is 4.04. The van der Waals surface area contributed by atoms with Gasteiger partial charge in [0, 0.05) is 12.8 Å². The molecule has 1 saturated heterocycles. The Morgan fingerprint density at radius 3 is 2.23 bits per heavy atom. The van der Waals surface area contributed by atoms with Gasteiger partial charge in [-0.05, 0) is 61.7 Å². The number of carbonyl (C=O) groups excluding carboxylic acids is 1. The Balaban J connectivity index is 1.58. The largest absolute Gasteiger partial charge is 0.493 e. The highest BCUT2D eigenvalue weighted by atomic mass is 19.4. The number of hydrogen-bond donors (Lipinski definition) is 1. The van der Waals surface area contributed by atoms with Gasteiger partial charge in [0.1, 0.15) is 11.5 Å². The third-order valence-electron chi connectivity index (χ3n) is 5.33. The molecule has 0 amide bonds. The molecule has 1 heterocycles. The summed E-state index contributed by atoms with van der Waals surface area (Å²) in [6, 6.07) is 8.37. The lowest BCUT2D eigenvalue weighted by Gasteiger charge is -2.34. The number of carbonyl (C=O) groups is 1. The van der Waals surface area contributed by atoms with Crippen LogP contribution in [-0.2, 0) is 15.7 Å². The zero-order valence-corrected chi connectivity index (χ0v) is 17.1. The van der Waals surface area contributed by atoms with Crippen molar-refractivity contribution >= 4 is 5.78 Å². The first-order valence-corrected chi connectivity index (χ1v) is 9.80. The molecule has 0 aromatic heterocycles. The van der Waals surface area contributed by atoms with Crippen molar-refractivity contribution in [3.63, 3.8) is 0 Å². The van der Waals surface area contributed by atoms with E-state index in [0.29, 0.717) is 12.2 Å². The van der Waals surface area contributed by atoms with Crippen LogP contribution in [0.1, 0.15) is 46.6 Å². The summed E-state index contributed by atoms with van der Waals surface area (Å²) in [6.07, 6.45) is -5.67. The maximum atomic E-state index is 12.8. The van der Waals surface area contributed by atoms with Crippen LogP contribution in [0.5, 0.6) is 5.75 Å². The summed E-state index contributed by atoms with van der Waals surface area (Å²) in [6.45, 7) is 5.97. The minimum absolute atomic E-state index is 0.0941. The van der Waals surface area contributed by atoms with E-state index < -0.39 is 30.1 Å². The molecule has 0 spiro atoms. The highest BCUT2D eigenvalue weighted by molar-refractivity contribution is 5.88. The SMILES string of the molecule is Cc1cc(C)c(C2C(=O)CC(CCOc3ccc(C(F)(F)F)cc3)OC2O)c(C)c1. The number of ether oxygens (including phenoxy) is 2. The number of alkyl halides is 3. The lowest BCUT2D eigenvalue weighted by molar-refractivity contribution is -0.183. The molecule has 0 radical (unpaired) electrons. The number of benzene rings is 2. The highest BCUT2D eigenvalue weighted by Gasteiger charge is 2.39. The highest BCUT2D eigenvalue weighted by Crippen LogP contribution is 2.35. The quantitative estimate of drug-likeness (QED) is 0.748. The summed E-state index contributed by atoms with van der Waals surface area (Å²) in [5.74, 6) is -0.518. The number of halogens is 3. The molecule has 1 N–H and O–H groups in total. The van der Waals surface area contributed by atoms with Crippen LogP contribution in [0.15, 0.2) is 36.4 Å². The summed E-state index contributed by atoms with van der Waals surface area (Å²) in [5.41, 5.74) is 3.03. The second kappa shape index (κ2) is 8.78. The Morgan fingerprint density at radius 1 is 1.10 bits per heavy atom. The van der Waals surface area contributed by atoms with Crippen molar-refractivity contribution in [2.75, 3.05) is 6.61 Å². The number of ketones is 1. The predicted molar refractivity (Wildman–Crippen MR) is 105 cm³/mol. The van der Waals surface area contributed by atoms with Crippen LogP contribution in [0.2, 0.25) is 0 Å². The van der Waals surface area contributed by atoms with E-state index >= 15 is 0 Å². The van der Waals surface area contributed by atoms with Gasteiger partial charge in [-0.3, -0.25) is 4.79 Å². The summed E-state index contributed by atoms with van der Waals surface area (Å²) in [4.78, 5) is 12.8. The van der Waals surface area contributed by atoms with Crippen molar-refractivity contribution in [2.45, 2.75) is 58.1 Å². The van der Waals surface area contributed by atoms with Crippen LogP contribution in [0.25, 0.3) is 0 Å². The van der Waals surface area contributed by atoms with E-state index in [9.17, 15) is 23.1 Å². The molecule has 3 rings (SSSR count). The molecule has 0 aliphatic carbocycles. The molecule has 30 heavy (non-hydrogen) atoms. The minimum atomic E-state index is -4.39. The molecule has 162 valence electrons. The Morgan fingerprint density at radius 2 is 1.70 bits per heavy atom. The van der Waals surface area contributed by atoms with E-state index in [4.69, 9.17) is 9.47 Å². The molecule has 2 aromatic carbocycles. The Labute approximate surface area is 173 Å². The Hall–Kier alpha value is -2.38. The van der Waals surface area contributed by atoms with Gasteiger partial charge in [-0.25, -0.2) is 0 Å². The Bertz CT molecular complexity index is 883. The van der Waals surface area contributed by atoms with Gasteiger partial charge in [-0.1, -0.05) is 17.7 Å². The molecular formula is C23H25F3O4. The summed E-state index contributed by atoms with van der Waals surface area (Å²) in [5, 5.41) is 10.5. The van der Waals surface area contributed by atoms with Gasteiger partial charge in [-0.15, -0.1) is 0 Å². The first kappa shape index (κ1) is 22.3. The van der Waals surface area contributed by atoms with Crippen LogP contribution in [0.4, 0.5) is 13.2 Å². The Kier molecular flexibility index (Phi) is 6.53. The molecular weight excluding hydrogens is 397 g/mol. The van der Waals surface area contributed by atoms with E-state index in [1.54, 1.807) is 0 Å². The van der Waals surface area contributed by atoms with Gasteiger partial charge >= 0.3 is 6.18 Å². The van der Waals surface area contributed by atoms with Crippen molar-refractivity contribution in [1.29, 1.82) is 0 Å². The molecule has 0 bridgehead atoms. The van der Waals surface area contributed by atoms with E-state index in [1.165, 1.54) is 12.1 Å². The summed E-state index contributed by atoms with van der Waals surface area (Å²) < 4.78 is 48.9. The second-order valence-corrected chi connectivity index (χ2v) is 7.77. The fourth-order valence-electron chi connectivity index (χ4n) is 4.04. The zero-order valence-electron chi connectivity index (χ0n) is 17.1. The van der Waals surface area contributed by atoms with Gasteiger partial charge in [0.15, 0.2) is 6.29 Å². The molecule has 1 aliphatic heterocycles. The topological polar surface area (TPSA) is 55.8 Å². The monoisotopic (exact) mass is 422 g/mol. The predicted octanol–water partition coefficient (Wildman–Crippen LogP) is 4.86. The minimum Gasteiger partial charge on any atom is -0.493 e. The third kappa shape index (κ3) is 5.02. The first-order chi connectivity index (χ1) is 14.1. The average molecular weight is 422 g/mol. The molecule has 0 saturated carbocycles. The number of Topliss-reactive ketones (excluding diaryl/α,β-unsaturated/α-hetero) is 1. The van der Waals surface area contributed by atoms with Crippen LogP contribution in [0, 0.1) is 20.8 Å². The summed E-state index contributed by atoms with van der Waals surface area (Å²) in [7, 11) is 0. The summed E-state index contributed by atoms with van der Waals surface area (Å²) >= 11 is 0. The number of rotatable bonds is 5. The van der Waals surface area contributed by atoms with Gasteiger partial charge in [-0.2, -0.15) is 13.2 Å². The normalized spacial score (nSPS) is 22.2. The molecule has 2 aromatic rings. The van der Waals surface area contributed by atoms with Gasteiger partial charge in [0.05, 0.1) is 24.2 Å². The fraction of sp³-hybridized carbons (Fsp3) is 0.435. The molecule has 4 nitrogen and oxygen atoms in total. The number of hydrogen-bond acceptors (Lipinski definition) is 4. The maximum Gasteiger partial charge on any atom is 0.416 e. The van der Waals surface area contributed by atoms with Crippen molar-refractivity contribution < 1.29 is 32.5 Å². The van der Waals surface area contributed by atoms with E-state index in [0.717, 1.165) is 34.4 Å². The third-order valence-corrected chi connectivity index (χ3v) is 5.33. The van der Waals surface area contributed by atoms with Crippen molar-refractivity contribution in [3.8, 4) is 5.75 Å². The van der Waals surface area contributed by atoms with E-state index in [2.05, 4.69) is 0 Å². The molecule has 3 atom stereocenters. The van der Waals surface area contributed by atoms with Crippen molar-refractivity contribution in [2.24, 2.45) is 0 Å². The second-order valence-electron chi connectivity index (χ2n) is 7.77.